The summed E-state index contributed by atoms with van der Waals surface area (Å²) in [7, 11) is 2.99. The van der Waals surface area contributed by atoms with Crippen molar-refractivity contribution in [2.75, 3.05) is 18.8 Å². The van der Waals surface area contributed by atoms with Crippen LogP contribution in [-0.4, -0.2) is 61.0 Å². The van der Waals surface area contributed by atoms with E-state index >= 15 is 0 Å². The first kappa shape index (κ1) is 22.2. The normalized spacial score (nSPS) is 18.8. The molecule has 1 aliphatic heterocycles. The topological polar surface area (TPSA) is 99.3 Å². The molecule has 10 heteroatoms. The first-order valence-electron chi connectivity index (χ1n) is 10.4. The Kier molecular flexibility index (Phi) is 6.16. The van der Waals surface area contributed by atoms with Crippen LogP contribution in [0.2, 0.25) is 0 Å². The van der Waals surface area contributed by atoms with Crippen molar-refractivity contribution in [3.8, 4) is 11.4 Å². The van der Waals surface area contributed by atoms with E-state index in [0.29, 0.717) is 23.9 Å². The summed E-state index contributed by atoms with van der Waals surface area (Å²) in [6, 6.07) is 9.33. The number of nitrogens with zero attached hydrogens (tertiary/aromatic N) is 5. The third kappa shape index (κ3) is 4.20. The minimum atomic E-state index is -0.480. The molecule has 3 heterocycles. The zero-order valence-electron chi connectivity index (χ0n) is 18.4. The van der Waals surface area contributed by atoms with E-state index in [1.54, 1.807) is 11.9 Å². The highest BCUT2D eigenvalue weighted by atomic mass is 32.2. The Morgan fingerprint density at radius 1 is 1.06 bits per heavy atom. The first-order chi connectivity index (χ1) is 15.3. The molecule has 1 fully saturated rings. The first-order valence-corrected chi connectivity index (χ1v) is 11.3. The molecule has 3 aromatic rings. The van der Waals surface area contributed by atoms with E-state index in [9.17, 15) is 14.4 Å². The number of aryl methyl sites for hydroxylation is 1. The predicted octanol–water partition coefficient (Wildman–Crippen LogP) is 1.42. The summed E-state index contributed by atoms with van der Waals surface area (Å²) in [5, 5.41) is 0.614. The lowest BCUT2D eigenvalue weighted by Crippen LogP contribution is -2.48. The molecule has 1 amide bonds. The molecule has 0 bridgehead atoms. The zero-order valence-corrected chi connectivity index (χ0v) is 19.3. The highest BCUT2D eigenvalue weighted by molar-refractivity contribution is 8.00. The molecule has 0 spiro atoms. The van der Waals surface area contributed by atoms with Crippen LogP contribution < -0.4 is 11.2 Å². The quantitative estimate of drug-likeness (QED) is 0.433. The lowest BCUT2D eigenvalue weighted by Gasteiger charge is -2.35. The van der Waals surface area contributed by atoms with Crippen LogP contribution in [0.25, 0.3) is 22.4 Å². The highest BCUT2D eigenvalue weighted by Gasteiger charge is 2.26. The number of carbonyl (C=O) groups excluding carboxylic acids is 1. The molecule has 0 radical (unpaired) electrons. The van der Waals surface area contributed by atoms with Gasteiger partial charge in [-0.1, -0.05) is 42.1 Å². The molecule has 2 aromatic heterocycles. The largest absolute Gasteiger partial charge is 0.372 e. The number of carbonyl (C=O) groups is 1. The molecule has 9 nitrogen and oxygen atoms in total. The summed E-state index contributed by atoms with van der Waals surface area (Å²) in [6.45, 7) is 4.94. The molecule has 2 atom stereocenters. The second-order valence-electron chi connectivity index (χ2n) is 7.97. The second-order valence-corrected chi connectivity index (χ2v) is 8.93. The van der Waals surface area contributed by atoms with Crippen molar-refractivity contribution in [1.29, 1.82) is 0 Å². The molecule has 1 aromatic carbocycles. The highest BCUT2D eigenvalue weighted by Crippen LogP contribution is 2.26. The summed E-state index contributed by atoms with van der Waals surface area (Å²) in [4.78, 5) is 49.2. The van der Waals surface area contributed by atoms with Gasteiger partial charge in [-0.15, -0.1) is 0 Å². The van der Waals surface area contributed by atoms with Crippen molar-refractivity contribution < 1.29 is 9.53 Å². The maximum absolute atomic E-state index is 12.9. The van der Waals surface area contributed by atoms with Crippen molar-refractivity contribution in [1.82, 2.24) is 24.0 Å². The van der Waals surface area contributed by atoms with Gasteiger partial charge in [0.25, 0.3) is 5.56 Å². The number of hydrogen-bond donors (Lipinski definition) is 0. The van der Waals surface area contributed by atoms with Crippen LogP contribution in [0.4, 0.5) is 0 Å². The fourth-order valence-electron chi connectivity index (χ4n) is 3.85. The number of ether oxygens (including phenoxy) is 1. The van der Waals surface area contributed by atoms with Crippen LogP contribution in [0.3, 0.4) is 0 Å². The number of thioether (sulfide) groups is 1. The third-order valence-corrected chi connectivity index (χ3v) is 6.36. The Balaban J connectivity index is 1.76. The van der Waals surface area contributed by atoms with Gasteiger partial charge in [0.15, 0.2) is 11.5 Å². The second kappa shape index (κ2) is 8.87. The number of hydrogen-bond acceptors (Lipinski definition) is 7. The summed E-state index contributed by atoms with van der Waals surface area (Å²) in [5.74, 6) is 0.461. The van der Waals surface area contributed by atoms with Gasteiger partial charge in [0.1, 0.15) is 10.4 Å². The Bertz CT molecular complexity index is 1280. The number of benzene rings is 1. The van der Waals surface area contributed by atoms with Crippen LogP contribution in [0.15, 0.2) is 44.9 Å². The smallest absolute Gasteiger partial charge is 0.332 e. The van der Waals surface area contributed by atoms with E-state index in [0.717, 1.165) is 10.1 Å². The van der Waals surface area contributed by atoms with Crippen molar-refractivity contribution in [3.05, 3.63) is 51.2 Å². The van der Waals surface area contributed by atoms with E-state index < -0.39 is 11.2 Å². The Morgan fingerprint density at radius 2 is 1.72 bits per heavy atom. The van der Waals surface area contributed by atoms with E-state index in [-0.39, 0.29) is 34.9 Å². The zero-order chi connectivity index (χ0) is 23.0. The molecule has 32 heavy (non-hydrogen) atoms. The maximum atomic E-state index is 12.9. The molecule has 168 valence electrons. The van der Waals surface area contributed by atoms with Gasteiger partial charge in [0.05, 0.1) is 18.0 Å². The SMILES string of the molecule is C[C@H]1CN(C(=O)CSc2nc(-c3ccccc3)nc3c2c(=O)n(C)c(=O)n3C)C[C@H](C)O1. The molecule has 0 N–H and O–H groups in total. The summed E-state index contributed by atoms with van der Waals surface area (Å²) >= 11 is 1.19. The van der Waals surface area contributed by atoms with Crippen molar-refractivity contribution >= 4 is 28.7 Å². The van der Waals surface area contributed by atoms with Crippen LogP contribution in [0.5, 0.6) is 0 Å². The Labute approximate surface area is 189 Å². The van der Waals surface area contributed by atoms with Gasteiger partial charge in [-0.3, -0.25) is 18.7 Å². The predicted molar refractivity (Wildman–Crippen MR) is 123 cm³/mol. The average molecular weight is 456 g/mol. The number of rotatable bonds is 4. The van der Waals surface area contributed by atoms with Gasteiger partial charge < -0.3 is 9.64 Å². The van der Waals surface area contributed by atoms with Gasteiger partial charge in [0.2, 0.25) is 5.91 Å². The lowest BCUT2D eigenvalue weighted by atomic mass is 10.2. The number of morpholine rings is 1. The monoisotopic (exact) mass is 455 g/mol. The summed E-state index contributed by atoms with van der Waals surface area (Å²) in [5.41, 5.74) is 0.0526. The van der Waals surface area contributed by atoms with Crippen LogP contribution >= 0.6 is 11.8 Å². The third-order valence-electron chi connectivity index (χ3n) is 5.40. The molecule has 1 aliphatic rings. The van der Waals surface area contributed by atoms with Crippen LogP contribution in [0.1, 0.15) is 13.8 Å². The molecule has 4 rings (SSSR count). The van der Waals surface area contributed by atoms with Gasteiger partial charge in [-0.25, -0.2) is 14.8 Å². The van der Waals surface area contributed by atoms with Crippen LogP contribution in [0, 0.1) is 0 Å². The molecule has 1 saturated heterocycles. The minimum absolute atomic E-state index is 0.0286. The molecular weight excluding hydrogens is 430 g/mol. The van der Waals surface area contributed by atoms with Gasteiger partial charge in [0, 0.05) is 32.7 Å². The Morgan fingerprint density at radius 3 is 2.38 bits per heavy atom. The number of aromatic nitrogens is 4. The van der Waals surface area contributed by atoms with E-state index in [4.69, 9.17) is 4.74 Å². The van der Waals surface area contributed by atoms with Crippen molar-refractivity contribution in [2.45, 2.75) is 31.1 Å². The number of amides is 1. The number of fused-ring (bicyclic) bond motifs is 1. The molecule has 0 aliphatic carbocycles. The van der Waals surface area contributed by atoms with Gasteiger partial charge in [-0.2, -0.15) is 0 Å². The van der Waals surface area contributed by atoms with Crippen molar-refractivity contribution in [2.24, 2.45) is 14.1 Å². The van der Waals surface area contributed by atoms with Crippen molar-refractivity contribution in [3.63, 3.8) is 0 Å². The Hall–Kier alpha value is -2.98. The molecular formula is C22H25N5O4S. The molecule has 0 unspecified atom stereocenters. The molecule has 0 saturated carbocycles. The van der Waals surface area contributed by atoms with Gasteiger partial charge in [-0.05, 0) is 13.8 Å². The minimum Gasteiger partial charge on any atom is -0.372 e. The van der Waals surface area contributed by atoms with E-state index in [2.05, 4.69) is 9.97 Å². The standard InChI is InChI=1S/C22H25N5O4S/c1-13-10-27(11-14(2)31-13)16(28)12-32-20-17-19(25(3)22(30)26(4)21(17)29)23-18(24-20)15-8-6-5-7-9-15/h5-9,13-14H,10-12H2,1-4H3/t13-,14-/m0/s1. The lowest BCUT2D eigenvalue weighted by molar-refractivity contribution is -0.140. The van der Waals surface area contributed by atoms with E-state index in [1.807, 2.05) is 44.2 Å². The van der Waals surface area contributed by atoms with E-state index in [1.165, 1.54) is 23.4 Å². The fraction of sp³-hybridized carbons (Fsp3) is 0.409. The summed E-state index contributed by atoms with van der Waals surface area (Å²) in [6.07, 6.45) is -0.0573. The summed E-state index contributed by atoms with van der Waals surface area (Å²) < 4.78 is 8.08. The van der Waals surface area contributed by atoms with Gasteiger partial charge >= 0.3 is 5.69 Å². The maximum Gasteiger partial charge on any atom is 0.332 e. The fourth-order valence-corrected chi connectivity index (χ4v) is 4.77. The van der Waals surface area contributed by atoms with Crippen LogP contribution in [-0.2, 0) is 23.6 Å². The average Bonchev–Trinajstić information content (AvgIpc) is 2.79.